The van der Waals surface area contributed by atoms with E-state index in [9.17, 15) is 9.18 Å². The lowest BCUT2D eigenvalue weighted by molar-refractivity contribution is 0.0872. The van der Waals surface area contributed by atoms with E-state index in [2.05, 4.69) is 11.9 Å². The van der Waals surface area contributed by atoms with Gasteiger partial charge >= 0.3 is 0 Å². The van der Waals surface area contributed by atoms with Crippen LogP contribution in [0.1, 0.15) is 15.9 Å². The molecule has 0 atom stereocenters. The molecule has 1 fully saturated rings. The van der Waals surface area contributed by atoms with E-state index in [-0.39, 0.29) is 22.9 Å². The number of carbonyl (C=O) groups is 1. The van der Waals surface area contributed by atoms with E-state index in [1.165, 1.54) is 6.07 Å². The Morgan fingerprint density at radius 3 is 2.58 bits per heavy atom. The van der Waals surface area contributed by atoms with E-state index in [1.54, 1.807) is 13.0 Å². The summed E-state index contributed by atoms with van der Waals surface area (Å²) in [5.74, 6) is -0.773. The Labute approximate surface area is 117 Å². The number of likely N-dealkylation sites (N-methyl/N-ethyl adjacent to an activating group) is 1. The summed E-state index contributed by atoms with van der Waals surface area (Å²) in [5.41, 5.74) is 0.755. The fourth-order valence-corrected chi connectivity index (χ4v) is 2.46. The first kappa shape index (κ1) is 14.4. The van der Waals surface area contributed by atoms with Crippen molar-refractivity contribution in [2.24, 2.45) is 0 Å². The molecule has 0 bridgehead atoms. The first-order chi connectivity index (χ1) is 8.99. The first-order valence-corrected chi connectivity index (χ1v) is 6.75. The molecule has 1 aliphatic heterocycles. The minimum atomic E-state index is -0.533. The SMILES string of the molecule is Cc1ccc(F)c(C(=O)CN2CCN(C)CC2)c1Cl. The standard InChI is InChI=1S/C14H18ClFN2O/c1-10-3-4-11(16)13(14(10)15)12(19)9-18-7-5-17(2)6-8-18/h3-4H,5-9H2,1-2H3. The summed E-state index contributed by atoms with van der Waals surface area (Å²) in [6, 6.07) is 2.89. The summed E-state index contributed by atoms with van der Waals surface area (Å²) in [4.78, 5) is 16.5. The lowest BCUT2D eigenvalue weighted by Crippen LogP contribution is -2.46. The molecule has 0 N–H and O–H groups in total. The van der Waals surface area contributed by atoms with Crippen LogP contribution in [0.2, 0.25) is 5.02 Å². The molecule has 0 unspecified atom stereocenters. The van der Waals surface area contributed by atoms with Crippen LogP contribution in [0.4, 0.5) is 4.39 Å². The summed E-state index contributed by atoms with van der Waals surface area (Å²) < 4.78 is 13.8. The third-order valence-electron chi connectivity index (χ3n) is 3.53. The number of aryl methyl sites for hydroxylation is 1. The molecule has 1 heterocycles. The molecule has 104 valence electrons. The van der Waals surface area contributed by atoms with Gasteiger partial charge in [-0.1, -0.05) is 17.7 Å². The highest BCUT2D eigenvalue weighted by molar-refractivity contribution is 6.34. The van der Waals surface area contributed by atoms with Crippen molar-refractivity contribution in [3.05, 3.63) is 34.1 Å². The molecule has 1 aromatic rings. The van der Waals surface area contributed by atoms with Gasteiger partial charge in [-0.05, 0) is 25.6 Å². The van der Waals surface area contributed by atoms with Crippen LogP contribution in [-0.2, 0) is 0 Å². The normalized spacial score (nSPS) is 17.7. The number of hydrogen-bond donors (Lipinski definition) is 0. The van der Waals surface area contributed by atoms with Gasteiger partial charge in [0.25, 0.3) is 0 Å². The predicted octanol–water partition coefficient (Wildman–Crippen LogP) is 2.22. The van der Waals surface area contributed by atoms with Crippen molar-refractivity contribution in [1.82, 2.24) is 9.80 Å². The Kier molecular flexibility index (Phi) is 4.55. The van der Waals surface area contributed by atoms with Crippen LogP contribution in [-0.4, -0.2) is 55.4 Å². The smallest absolute Gasteiger partial charge is 0.181 e. The van der Waals surface area contributed by atoms with E-state index < -0.39 is 5.82 Å². The molecule has 0 saturated carbocycles. The second-order valence-electron chi connectivity index (χ2n) is 5.06. The van der Waals surface area contributed by atoms with Crippen molar-refractivity contribution in [3.63, 3.8) is 0 Å². The molecular weight excluding hydrogens is 267 g/mol. The highest BCUT2D eigenvalue weighted by Crippen LogP contribution is 2.24. The second kappa shape index (κ2) is 5.99. The quantitative estimate of drug-likeness (QED) is 0.795. The first-order valence-electron chi connectivity index (χ1n) is 6.37. The maximum Gasteiger partial charge on any atom is 0.181 e. The minimum absolute atomic E-state index is 0.0283. The van der Waals surface area contributed by atoms with Crippen molar-refractivity contribution in [3.8, 4) is 0 Å². The average Bonchev–Trinajstić information content (AvgIpc) is 2.37. The summed E-state index contributed by atoms with van der Waals surface area (Å²) in [5, 5.41) is 0.235. The number of halogens is 2. The third-order valence-corrected chi connectivity index (χ3v) is 4.01. The lowest BCUT2D eigenvalue weighted by Gasteiger charge is -2.31. The third kappa shape index (κ3) is 3.32. The van der Waals surface area contributed by atoms with E-state index >= 15 is 0 Å². The van der Waals surface area contributed by atoms with Crippen LogP contribution >= 0.6 is 11.6 Å². The summed E-state index contributed by atoms with van der Waals surface area (Å²) in [6.45, 7) is 5.51. The van der Waals surface area contributed by atoms with Crippen molar-refractivity contribution in [2.45, 2.75) is 6.92 Å². The summed E-state index contributed by atoms with van der Waals surface area (Å²) >= 11 is 6.05. The number of nitrogens with zero attached hydrogens (tertiary/aromatic N) is 2. The van der Waals surface area contributed by atoms with Crippen LogP contribution in [0, 0.1) is 12.7 Å². The number of hydrogen-bond acceptors (Lipinski definition) is 3. The van der Waals surface area contributed by atoms with Gasteiger partial charge in [0.15, 0.2) is 5.78 Å². The van der Waals surface area contributed by atoms with Crippen molar-refractivity contribution < 1.29 is 9.18 Å². The molecule has 1 aromatic carbocycles. The largest absolute Gasteiger partial charge is 0.304 e. The van der Waals surface area contributed by atoms with Gasteiger partial charge in [-0.25, -0.2) is 4.39 Å². The molecule has 1 saturated heterocycles. The molecule has 0 aliphatic carbocycles. The van der Waals surface area contributed by atoms with Crippen LogP contribution in [0.15, 0.2) is 12.1 Å². The fraction of sp³-hybridized carbons (Fsp3) is 0.500. The predicted molar refractivity (Wildman–Crippen MR) is 74.4 cm³/mol. The fourth-order valence-electron chi connectivity index (χ4n) is 2.20. The van der Waals surface area contributed by atoms with Gasteiger partial charge in [0.2, 0.25) is 0 Å². The molecule has 0 spiro atoms. The van der Waals surface area contributed by atoms with Gasteiger partial charge in [0, 0.05) is 26.2 Å². The number of ketones is 1. The minimum Gasteiger partial charge on any atom is -0.304 e. The average molecular weight is 285 g/mol. The van der Waals surface area contributed by atoms with Gasteiger partial charge in [0.1, 0.15) is 5.82 Å². The molecule has 3 nitrogen and oxygen atoms in total. The zero-order valence-electron chi connectivity index (χ0n) is 11.2. The Balaban J connectivity index is 2.10. The molecule has 19 heavy (non-hydrogen) atoms. The molecule has 5 heteroatoms. The van der Waals surface area contributed by atoms with Gasteiger partial charge in [-0.3, -0.25) is 9.69 Å². The van der Waals surface area contributed by atoms with Crippen LogP contribution < -0.4 is 0 Å². The van der Waals surface area contributed by atoms with E-state index in [0.29, 0.717) is 0 Å². The topological polar surface area (TPSA) is 23.6 Å². The summed E-state index contributed by atoms with van der Waals surface area (Å²) in [6.07, 6.45) is 0. The van der Waals surface area contributed by atoms with E-state index in [1.807, 2.05) is 4.90 Å². The Morgan fingerprint density at radius 1 is 1.32 bits per heavy atom. The monoisotopic (exact) mass is 284 g/mol. The zero-order chi connectivity index (χ0) is 14.0. The van der Waals surface area contributed by atoms with Crippen molar-refractivity contribution >= 4 is 17.4 Å². The lowest BCUT2D eigenvalue weighted by atomic mass is 10.1. The zero-order valence-corrected chi connectivity index (χ0v) is 12.0. The van der Waals surface area contributed by atoms with Crippen molar-refractivity contribution in [2.75, 3.05) is 39.8 Å². The number of piperazine rings is 1. The highest BCUT2D eigenvalue weighted by atomic mass is 35.5. The van der Waals surface area contributed by atoms with Gasteiger partial charge in [0.05, 0.1) is 17.1 Å². The van der Waals surface area contributed by atoms with Crippen molar-refractivity contribution in [1.29, 1.82) is 0 Å². The molecular formula is C14H18ClFN2O. The van der Waals surface area contributed by atoms with Crippen LogP contribution in [0.5, 0.6) is 0 Å². The number of Topliss-reactive ketones (excluding diaryl/α,β-unsaturated/α-hetero) is 1. The number of rotatable bonds is 3. The molecule has 2 rings (SSSR count). The van der Waals surface area contributed by atoms with Gasteiger partial charge in [-0.2, -0.15) is 0 Å². The Hall–Kier alpha value is -0.970. The summed E-state index contributed by atoms with van der Waals surface area (Å²) in [7, 11) is 2.05. The van der Waals surface area contributed by atoms with Gasteiger partial charge in [-0.15, -0.1) is 0 Å². The van der Waals surface area contributed by atoms with E-state index in [4.69, 9.17) is 11.6 Å². The van der Waals surface area contributed by atoms with E-state index in [0.717, 1.165) is 31.7 Å². The van der Waals surface area contributed by atoms with Crippen LogP contribution in [0.3, 0.4) is 0 Å². The van der Waals surface area contributed by atoms with Gasteiger partial charge < -0.3 is 4.90 Å². The highest BCUT2D eigenvalue weighted by Gasteiger charge is 2.22. The molecule has 0 aromatic heterocycles. The Bertz CT molecular complexity index is 485. The Morgan fingerprint density at radius 2 is 1.95 bits per heavy atom. The molecule has 0 radical (unpaired) electrons. The maximum absolute atomic E-state index is 13.8. The maximum atomic E-state index is 13.8. The number of benzene rings is 1. The van der Waals surface area contributed by atoms with Crippen LogP contribution in [0.25, 0.3) is 0 Å². The number of carbonyl (C=O) groups excluding carboxylic acids is 1. The molecule has 0 amide bonds. The second-order valence-corrected chi connectivity index (χ2v) is 5.43. The molecule has 1 aliphatic rings.